The SMILES string of the molecule is CCn1c(Cn2ccnc2)nnc1C1CCN(Cc2nccn2C)CC1. The molecule has 0 N–H and O–H groups in total. The summed E-state index contributed by atoms with van der Waals surface area (Å²) in [6, 6.07) is 0. The highest BCUT2D eigenvalue weighted by molar-refractivity contribution is 5.05. The second-order valence-corrected chi connectivity index (χ2v) is 6.96. The minimum Gasteiger partial charge on any atom is -0.337 e. The molecule has 138 valence electrons. The van der Waals surface area contributed by atoms with Crippen LogP contribution in [0.25, 0.3) is 0 Å². The molecular formula is C18H26N8. The van der Waals surface area contributed by atoms with Crippen LogP contribution in [-0.4, -0.2) is 51.9 Å². The van der Waals surface area contributed by atoms with Gasteiger partial charge in [-0.15, -0.1) is 10.2 Å². The van der Waals surface area contributed by atoms with Crippen molar-refractivity contribution in [1.29, 1.82) is 0 Å². The molecular weight excluding hydrogens is 328 g/mol. The predicted octanol–water partition coefficient (Wildman–Crippen LogP) is 1.66. The molecule has 4 heterocycles. The summed E-state index contributed by atoms with van der Waals surface area (Å²) in [5.74, 6) is 3.76. The first-order valence-corrected chi connectivity index (χ1v) is 9.31. The van der Waals surface area contributed by atoms with Crippen molar-refractivity contribution in [3.8, 4) is 0 Å². The van der Waals surface area contributed by atoms with Gasteiger partial charge >= 0.3 is 0 Å². The van der Waals surface area contributed by atoms with Crippen LogP contribution in [0.5, 0.6) is 0 Å². The predicted molar refractivity (Wildman–Crippen MR) is 97.5 cm³/mol. The Morgan fingerprint density at radius 3 is 2.54 bits per heavy atom. The molecule has 8 nitrogen and oxygen atoms in total. The molecule has 4 rings (SSSR count). The summed E-state index contributed by atoms with van der Waals surface area (Å²) < 4.78 is 6.41. The molecule has 0 aliphatic carbocycles. The van der Waals surface area contributed by atoms with Crippen molar-refractivity contribution in [3.63, 3.8) is 0 Å². The van der Waals surface area contributed by atoms with Gasteiger partial charge in [0, 0.05) is 44.3 Å². The van der Waals surface area contributed by atoms with Crippen LogP contribution in [0.2, 0.25) is 0 Å². The minimum atomic E-state index is 0.483. The molecule has 8 heteroatoms. The number of aromatic nitrogens is 7. The Labute approximate surface area is 153 Å². The molecule has 0 radical (unpaired) electrons. The Balaban J connectivity index is 1.41. The van der Waals surface area contributed by atoms with Gasteiger partial charge in [0.1, 0.15) is 11.6 Å². The van der Waals surface area contributed by atoms with Crippen molar-refractivity contribution in [2.24, 2.45) is 7.05 Å². The first-order chi connectivity index (χ1) is 12.7. The number of hydrogen-bond acceptors (Lipinski definition) is 5. The van der Waals surface area contributed by atoms with Crippen molar-refractivity contribution >= 4 is 0 Å². The van der Waals surface area contributed by atoms with Crippen molar-refractivity contribution in [2.45, 2.75) is 45.3 Å². The third-order valence-corrected chi connectivity index (χ3v) is 5.29. The molecule has 0 unspecified atom stereocenters. The van der Waals surface area contributed by atoms with E-state index in [-0.39, 0.29) is 0 Å². The van der Waals surface area contributed by atoms with Crippen LogP contribution >= 0.6 is 0 Å². The lowest BCUT2D eigenvalue weighted by Crippen LogP contribution is -2.34. The van der Waals surface area contributed by atoms with Gasteiger partial charge in [0.05, 0.1) is 19.4 Å². The van der Waals surface area contributed by atoms with Gasteiger partial charge in [0.15, 0.2) is 5.82 Å². The molecule has 1 saturated heterocycles. The number of piperidine rings is 1. The largest absolute Gasteiger partial charge is 0.337 e. The van der Waals surface area contributed by atoms with Crippen molar-refractivity contribution < 1.29 is 0 Å². The summed E-state index contributed by atoms with van der Waals surface area (Å²) in [4.78, 5) is 11.0. The summed E-state index contributed by atoms with van der Waals surface area (Å²) >= 11 is 0. The van der Waals surface area contributed by atoms with Crippen LogP contribution in [0, 0.1) is 0 Å². The Kier molecular flexibility index (Phi) is 4.83. The maximum absolute atomic E-state index is 4.55. The fourth-order valence-electron chi connectivity index (χ4n) is 3.75. The molecule has 1 aliphatic rings. The van der Waals surface area contributed by atoms with Gasteiger partial charge < -0.3 is 13.7 Å². The maximum atomic E-state index is 4.55. The molecule has 3 aromatic rings. The third kappa shape index (κ3) is 3.41. The number of nitrogens with zero attached hydrogens (tertiary/aromatic N) is 8. The normalized spacial score (nSPS) is 16.4. The Bertz CT molecular complexity index is 823. The zero-order chi connectivity index (χ0) is 17.9. The number of likely N-dealkylation sites (tertiary alicyclic amines) is 1. The van der Waals surface area contributed by atoms with Crippen LogP contribution in [0.4, 0.5) is 0 Å². The van der Waals surface area contributed by atoms with Crippen LogP contribution in [-0.2, 0) is 26.7 Å². The van der Waals surface area contributed by atoms with E-state index in [0.717, 1.165) is 63.0 Å². The lowest BCUT2D eigenvalue weighted by molar-refractivity contribution is 0.194. The zero-order valence-electron chi connectivity index (χ0n) is 15.5. The second-order valence-electron chi connectivity index (χ2n) is 6.96. The van der Waals surface area contributed by atoms with E-state index in [0.29, 0.717) is 5.92 Å². The third-order valence-electron chi connectivity index (χ3n) is 5.29. The summed E-state index contributed by atoms with van der Waals surface area (Å²) in [5, 5.41) is 9.02. The van der Waals surface area contributed by atoms with E-state index >= 15 is 0 Å². The van der Waals surface area contributed by atoms with Gasteiger partial charge in [-0.25, -0.2) is 9.97 Å². The van der Waals surface area contributed by atoms with Gasteiger partial charge in [-0.2, -0.15) is 0 Å². The number of hydrogen-bond donors (Lipinski definition) is 0. The quantitative estimate of drug-likeness (QED) is 0.673. The zero-order valence-corrected chi connectivity index (χ0v) is 15.5. The average molecular weight is 354 g/mol. The van der Waals surface area contributed by atoms with E-state index < -0.39 is 0 Å². The van der Waals surface area contributed by atoms with Crippen molar-refractivity contribution in [2.75, 3.05) is 13.1 Å². The fraction of sp³-hybridized carbons (Fsp3) is 0.556. The van der Waals surface area contributed by atoms with E-state index in [2.05, 4.69) is 48.2 Å². The molecule has 0 spiro atoms. The maximum Gasteiger partial charge on any atom is 0.153 e. The molecule has 0 amide bonds. The highest BCUT2D eigenvalue weighted by Gasteiger charge is 2.26. The Morgan fingerprint density at radius 2 is 1.88 bits per heavy atom. The standard InChI is InChI=1S/C18H26N8/c1-3-26-17(13-25-11-6-19-14-25)21-22-18(26)15-4-8-24(9-5-15)12-16-20-7-10-23(16)2/h6-7,10-11,14-15H,3-5,8-9,12-13H2,1-2H3. The van der Waals surface area contributed by atoms with Gasteiger partial charge in [0.25, 0.3) is 0 Å². The molecule has 0 aromatic carbocycles. The van der Waals surface area contributed by atoms with Gasteiger partial charge in [0.2, 0.25) is 0 Å². The lowest BCUT2D eigenvalue weighted by atomic mass is 9.96. The summed E-state index contributed by atoms with van der Waals surface area (Å²) in [6.45, 7) is 6.86. The van der Waals surface area contributed by atoms with Gasteiger partial charge in [-0.05, 0) is 32.9 Å². The molecule has 0 saturated carbocycles. The first-order valence-electron chi connectivity index (χ1n) is 9.31. The van der Waals surface area contributed by atoms with Gasteiger partial charge in [-0.1, -0.05) is 0 Å². The monoisotopic (exact) mass is 354 g/mol. The van der Waals surface area contributed by atoms with Crippen molar-refractivity contribution in [1.82, 2.24) is 38.8 Å². The average Bonchev–Trinajstić information content (AvgIpc) is 3.39. The molecule has 1 aliphatic heterocycles. The second kappa shape index (κ2) is 7.41. The Hall–Kier alpha value is -2.48. The van der Waals surface area contributed by atoms with Crippen LogP contribution in [0.1, 0.15) is 43.2 Å². The molecule has 1 fully saturated rings. The summed E-state index contributed by atoms with van der Waals surface area (Å²) in [5.41, 5.74) is 0. The summed E-state index contributed by atoms with van der Waals surface area (Å²) in [7, 11) is 2.06. The first kappa shape index (κ1) is 17.0. The molecule has 0 atom stereocenters. The van der Waals surface area contributed by atoms with E-state index in [1.807, 2.05) is 29.5 Å². The topological polar surface area (TPSA) is 69.6 Å². The van der Waals surface area contributed by atoms with Crippen LogP contribution in [0.15, 0.2) is 31.1 Å². The van der Waals surface area contributed by atoms with E-state index in [1.54, 1.807) is 6.20 Å². The van der Waals surface area contributed by atoms with Gasteiger partial charge in [-0.3, -0.25) is 4.90 Å². The molecule has 3 aromatic heterocycles. The number of aryl methyl sites for hydroxylation is 1. The lowest BCUT2D eigenvalue weighted by Gasteiger charge is -2.31. The minimum absolute atomic E-state index is 0.483. The Morgan fingerprint density at radius 1 is 1.04 bits per heavy atom. The smallest absolute Gasteiger partial charge is 0.153 e. The summed E-state index contributed by atoms with van der Waals surface area (Å²) in [6.07, 6.45) is 11.7. The molecule has 26 heavy (non-hydrogen) atoms. The number of imidazole rings is 2. The highest BCUT2D eigenvalue weighted by Crippen LogP contribution is 2.28. The van der Waals surface area contributed by atoms with Crippen LogP contribution < -0.4 is 0 Å². The molecule has 0 bridgehead atoms. The van der Waals surface area contributed by atoms with Crippen molar-refractivity contribution in [3.05, 3.63) is 48.6 Å². The fourth-order valence-corrected chi connectivity index (χ4v) is 3.75. The van der Waals surface area contributed by atoms with E-state index in [1.165, 1.54) is 0 Å². The van der Waals surface area contributed by atoms with E-state index in [9.17, 15) is 0 Å². The van der Waals surface area contributed by atoms with Crippen LogP contribution in [0.3, 0.4) is 0 Å². The highest BCUT2D eigenvalue weighted by atomic mass is 15.3. The number of rotatable bonds is 6. The van der Waals surface area contributed by atoms with E-state index in [4.69, 9.17) is 0 Å².